The molecule has 0 spiro atoms. The van der Waals surface area contributed by atoms with Gasteiger partial charge in [0.15, 0.2) is 5.96 Å². The lowest BCUT2D eigenvalue weighted by Crippen LogP contribution is -2.45. The summed E-state index contributed by atoms with van der Waals surface area (Å²) >= 11 is 0. The van der Waals surface area contributed by atoms with Crippen LogP contribution in [0, 0.1) is 11.6 Å². The number of nitrogens with zero attached hydrogens (tertiary/aromatic N) is 2. The van der Waals surface area contributed by atoms with E-state index in [0.29, 0.717) is 18.1 Å². The summed E-state index contributed by atoms with van der Waals surface area (Å²) in [6.07, 6.45) is 0. The summed E-state index contributed by atoms with van der Waals surface area (Å²) in [5.74, 6) is -0.488. The van der Waals surface area contributed by atoms with Crippen molar-refractivity contribution in [3.05, 3.63) is 35.4 Å². The number of morpholine rings is 1. The highest BCUT2D eigenvalue weighted by atomic mass is 19.1. The van der Waals surface area contributed by atoms with Crippen LogP contribution in [0.4, 0.5) is 8.78 Å². The molecule has 1 heterocycles. The van der Waals surface area contributed by atoms with Gasteiger partial charge in [-0.15, -0.1) is 0 Å². The molecule has 1 saturated heterocycles. The molecule has 7 heteroatoms. The first-order chi connectivity index (χ1) is 11.6. The van der Waals surface area contributed by atoms with Crippen LogP contribution < -0.4 is 10.6 Å². The zero-order valence-corrected chi connectivity index (χ0v) is 14.3. The zero-order chi connectivity index (χ0) is 17.4. The molecule has 24 heavy (non-hydrogen) atoms. The lowest BCUT2D eigenvalue weighted by atomic mass is 10.0. The number of halogens is 2. The fourth-order valence-corrected chi connectivity index (χ4v) is 2.64. The molecule has 1 atom stereocenters. The molecule has 1 aliphatic rings. The van der Waals surface area contributed by atoms with Gasteiger partial charge in [-0.1, -0.05) is 13.0 Å². The van der Waals surface area contributed by atoms with E-state index in [1.807, 2.05) is 6.92 Å². The van der Waals surface area contributed by atoms with Gasteiger partial charge in [0.05, 0.1) is 13.2 Å². The van der Waals surface area contributed by atoms with Crippen molar-refractivity contribution < 1.29 is 13.5 Å². The first-order valence-electron chi connectivity index (χ1n) is 8.29. The van der Waals surface area contributed by atoms with Gasteiger partial charge >= 0.3 is 0 Å². The summed E-state index contributed by atoms with van der Waals surface area (Å²) in [5, 5.41) is 6.43. The molecule has 0 radical (unpaired) electrons. The van der Waals surface area contributed by atoms with Crippen LogP contribution in [0.1, 0.15) is 18.4 Å². The number of hydrogen-bond acceptors (Lipinski definition) is 3. The van der Waals surface area contributed by atoms with Crippen LogP contribution in [0.5, 0.6) is 0 Å². The smallest absolute Gasteiger partial charge is 0.191 e. The van der Waals surface area contributed by atoms with Crippen LogP contribution in [0.2, 0.25) is 0 Å². The highest BCUT2D eigenvalue weighted by Gasteiger charge is 2.13. The molecule has 0 bridgehead atoms. The SMILES string of the molecule is CN=C(NCCN1CCOCC1)NCC(C)c1ccc(F)cc1F. The van der Waals surface area contributed by atoms with E-state index in [0.717, 1.165) is 45.5 Å². The second-order valence-corrected chi connectivity index (χ2v) is 5.90. The van der Waals surface area contributed by atoms with E-state index >= 15 is 0 Å². The molecule has 1 unspecified atom stereocenters. The van der Waals surface area contributed by atoms with Gasteiger partial charge in [-0.25, -0.2) is 8.78 Å². The lowest BCUT2D eigenvalue weighted by molar-refractivity contribution is 0.0389. The van der Waals surface area contributed by atoms with E-state index in [2.05, 4.69) is 20.5 Å². The maximum atomic E-state index is 13.8. The molecule has 1 aromatic carbocycles. The molecule has 1 aliphatic heterocycles. The van der Waals surface area contributed by atoms with E-state index in [1.165, 1.54) is 12.1 Å². The Labute approximate surface area is 142 Å². The van der Waals surface area contributed by atoms with E-state index in [-0.39, 0.29) is 5.92 Å². The second kappa shape index (κ2) is 9.54. The Morgan fingerprint density at radius 2 is 2.04 bits per heavy atom. The van der Waals surface area contributed by atoms with Gasteiger partial charge in [0.2, 0.25) is 0 Å². The monoisotopic (exact) mass is 340 g/mol. The van der Waals surface area contributed by atoms with Gasteiger partial charge in [0.1, 0.15) is 11.6 Å². The minimum Gasteiger partial charge on any atom is -0.379 e. The third-order valence-corrected chi connectivity index (χ3v) is 4.12. The largest absolute Gasteiger partial charge is 0.379 e. The van der Waals surface area contributed by atoms with Crippen LogP contribution in [0.15, 0.2) is 23.2 Å². The predicted octanol–water partition coefficient (Wildman–Crippen LogP) is 1.57. The van der Waals surface area contributed by atoms with E-state index < -0.39 is 11.6 Å². The zero-order valence-electron chi connectivity index (χ0n) is 14.3. The molecule has 1 aromatic rings. The van der Waals surface area contributed by atoms with Crippen LogP contribution in [0.25, 0.3) is 0 Å². The third-order valence-electron chi connectivity index (χ3n) is 4.12. The maximum absolute atomic E-state index is 13.8. The molecule has 0 aliphatic carbocycles. The van der Waals surface area contributed by atoms with E-state index in [4.69, 9.17) is 4.74 Å². The average molecular weight is 340 g/mol. The Morgan fingerprint density at radius 3 is 2.71 bits per heavy atom. The highest BCUT2D eigenvalue weighted by molar-refractivity contribution is 5.79. The molecular formula is C17H26F2N4O. The van der Waals surface area contributed by atoms with E-state index in [9.17, 15) is 8.78 Å². The van der Waals surface area contributed by atoms with Gasteiger partial charge < -0.3 is 15.4 Å². The second-order valence-electron chi connectivity index (χ2n) is 5.90. The van der Waals surface area contributed by atoms with E-state index in [1.54, 1.807) is 7.05 Å². The van der Waals surface area contributed by atoms with Crippen LogP contribution in [-0.4, -0.2) is 63.8 Å². The van der Waals surface area contributed by atoms with Crippen molar-refractivity contribution in [1.82, 2.24) is 15.5 Å². The van der Waals surface area contributed by atoms with Crippen molar-refractivity contribution in [3.8, 4) is 0 Å². The third kappa shape index (κ3) is 5.72. The van der Waals surface area contributed by atoms with Gasteiger partial charge in [0, 0.05) is 51.8 Å². The van der Waals surface area contributed by atoms with Gasteiger partial charge in [-0.2, -0.15) is 0 Å². The van der Waals surface area contributed by atoms with Crippen LogP contribution in [-0.2, 0) is 4.74 Å². The minimum absolute atomic E-state index is 0.0941. The molecule has 2 N–H and O–H groups in total. The highest BCUT2D eigenvalue weighted by Crippen LogP contribution is 2.19. The Morgan fingerprint density at radius 1 is 1.29 bits per heavy atom. The van der Waals surface area contributed by atoms with Crippen molar-refractivity contribution >= 4 is 5.96 Å². The van der Waals surface area contributed by atoms with Crippen molar-refractivity contribution in [3.63, 3.8) is 0 Å². The first-order valence-corrected chi connectivity index (χ1v) is 8.29. The Kier molecular flexibility index (Phi) is 7.39. The number of rotatable bonds is 6. The van der Waals surface area contributed by atoms with Crippen LogP contribution in [0.3, 0.4) is 0 Å². The molecule has 0 amide bonds. The van der Waals surface area contributed by atoms with Crippen molar-refractivity contribution in [1.29, 1.82) is 0 Å². The van der Waals surface area contributed by atoms with Gasteiger partial charge in [-0.3, -0.25) is 9.89 Å². The molecule has 0 saturated carbocycles. The summed E-state index contributed by atoms with van der Waals surface area (Å²) in [5.41, 5.74) is 0.493. The summed E-state index contributed by atoms with van der Waals surface area (Å²) < 4.78 is 32.1. The molecule has 1 fully saturated rings. The molecule has 134 valence electrons. The average Bonchev–Trinajstić information content (AvgIpc) is 2.58. The van der Waals surface area contributed by atoms with Crippen molar-refractivity contribution in [2.45, 2.75) is 12.8 Å². The Balaban J connectivity index is 1.74. The van der Waals surface area contributed by atoms with Crippen molar-refractivity contribution in [2.75, 3.05) is 53.0 Å². The van der Waals surface area contributed by atoms with Gasteiger partial charge in [-0.05, 0) is 11.6 Å². The van der Waals surface area contributed by atoms with Gasteiger partial charge in [0.25, 0.3) is 0 Å². The lowest BCUT2D eigenvalue weighted by Gasteiger charge is -2.26. The normalized spacial score (nSPS) is 17.6. The number of nitrogens with one attached hydrogen (secondary N) is 2. The molecule has 5 nitrogen and oxygen atoms in total. The quantitative estimate of drug-likeness (QED) is 0.610. The van der Waals surface area contributed by atoms with Crippen LogP contribution >= 0.6 is 0 Å². The number of benzene rings is 1. The first kappa shape index (κ1) is 18.6. The fourth-order valence-electron chi connectivity index (χ4n) is 2.64. The summed E-state index contributed by atoms with van der Waals surface area (Å²) in [6.45, 7) is 7.58. The van der Waals surface area contributed by atoms with Crippen molar-refractivity contribution in [2.24, 2.45) is 4.99 Å². The summed E-state index contributed by atoms with van der Waals surface area (Å²) in [7, 11) is 1.70. The Hall–Kier alpha value is -1.73. The number of guanidine groups is 1. The predicted molar refractivity (Wildman–Crippen MR) is 91.4 cm³/mol. The molecular weight excluding hydrogens is 314 g/mol. The molecule has 2 rings (SSSR count). The standard InChI is InChI=1S/C17H26F2N4O/c1-13(15-4-3-14(18)11-16(15)19)12-22-17(20-2)21-5-6-23-7-9-24-10-8-23/h3-4,11,13H,5-10,12H2,1-2H3,(H2,20,21,22). The maximum Gasteiger partial charge on any atom is 0.191 e. The topological polar surface area (TPSA) is 48.9 Å². The number of aliphatic imine (C=N–C) groups is 1. The summed E-state index contributed by atoms with van der Waals surface area (Å²) in [6, 6.07) is 3.69. The molecule has 0 aromatic heterocycles. The summed E-state index contributed by atoms with van der Waals surface area (Å²) in [4.78, 5) is 6.50. The number of ether oxygens (including phenoxy) is 1. The fraction of sp³-hybridized carbons (Fsp3) is 0.588. The minimum atomic E-state index is -0.558. The Bertz CT molecular complexity index is 547. The number of hydrogen-bond donors (Lipinski definition) is 2.